The van der Waals surface area contributed by atoms with Crippen molar-refractivity contribution in [2.24, 2.45) is 4.99 Å². The second kappa shape index (κ2) is 10.2. The van der Waals surface area contributed by atoms with Crippen LogP contribution in [0.15, 0.2) is 107 Å². The first-order chi connectivity index (χ1) is 16.3. The van der Waals surface area contributed by atoms with Gasteiger partial charge in [0.1, 0.15) is 5.37 Å². The minimum atomic E-state index is -0.269. The molecule has 1 unspecified atom stereocenters. The van der Waals surface area contributed by atoms with Crippen LogP contribution < -0.4 is 4.90 Å². The number of benzene rings is 3. The predicted molar refractivity (Wildman–Crippen MR) is 135 cm³/mol. The fourth-order valence-corrected chi connectivity index (χ4v) is 5.23. The highest BCUT2D eigenvalue weighted by molar-refractivity contribution is 8.05. The van der Waals surface area contributed by atoms with Gasteiger partial charge in [0.05, 0.1) is 29.6 Å². The summed E-state index contributed by atoms with van der Waals surface area (Å²) in [5.74, 6) is 0.0754. The molecule has 1 amide bonds. The zero-order valence-corrected chi connectivity index (χ0v) is 19.0. The number of aliphatic imine (C=N–C) groups is 1. The third kappa shape index (κ3) is 4.93. The molecule has 0 spiro atoms. The molecule has 33 heavy (non-hydrogen) atoms. The molecule has 2 aliphatic rings. The topological polar surface area (TPSA) is 45.1 Å². The molecule has 0 bridgehead atoms. The summed E-state index contributed by atoms with van der Waals surface area (Å²) in [6.07, 6.45) is 2.04. The monoisotopic (exact) mass is 455 g/mol. The van der Waals surface area contributed by atoms with Crippen LogP contribution in [0.1, 0.15) is 5.56 Å². The second-order valence-corrected chi connectivity index (χ2v) is 8.91. The smallest absolute Gasteiger partial charge is 0.260 e. The first-order valence-corrected chi connectivity index (χ1v) is 12.0. The first-order valence-electron chi connectivity index (χ1n) is 11.1. The van der Waals surface area contributed by atoms with E-state index in [0.717, 1.165) is 40.8 Å². The standard InChI is InChI=1S/C27H25N3O2S/c31-26-27(29-16-18-32-19-17-29)33-25(30(26)23-14-8-3-9-15-23)20-24(21-10-4-1-5-11-21)28-22-12-6-2-7-13-22/h1-15,20,27H,16-19H2/b25-20-,28-24?. The van der Waals surface area contributed by atoms with E-state index >= 15 is 0 Å². The highest BCUT2D eigenvalue weighted by Crippen LogP contribution is 2.40. The Morgan fingerprint density at radius 2 is 1.48 bits per heavy atom. The Hall–Kier alpha value is -3.19. The van der Waals surface area contributed by atoms with E-state index in [-0.39, 0.29) is 11.3 Å². The number of hydrogen-bond acceptors (Lipinski definition) is 5. The van der Waals surface area contributed by atoms with E-state index < -0.39 is 0 Å². The number of morpholine rings is 1. The molecular formula is C27H25N3O2S. The van der Waals surface area contributed by atoms with Crippen molar-refractivity contribution in [3.63, 3.8) is 0 Å². The molecule has 2 aliphatic heterocycles. The lowest BCUT2D eigenvalue weighted by Gasteiger charge is -2.30. The van der Waals surface area contributed by atoms with Gasteiger partial charge in [-0.25, -0.2) is 4.99 Å². The van der Waals surface area contributed by atoms with Crippen molar-refractivity contribution in [3.05, 3.63) is 108 Å². The Morgan fingerprint density at radius 1 is 0.879 bits per heavy atom. The summed E-state index contributed by atoms with van der Waals surface area (Å²) in [6, 6.07) is 29.9. The van der Waals surface area contributed by atoms with Crippen molar-refractivity contribution in [1.29, 1.82) is 0 Å². The van der Waals surface area contributed by atoms with Crippen LogP contribution in [-0.4, -0.2) is 48.2 Å². The SMILES string of the molecule is O=C1C(N2CCOCC2)S/C(=C\C(=Nc2ccccc2)c2ccccc2)N1c1ccccc1. The van der Waals surface area contributed by atoms with Crippen LogP contribution in [0.25, 0.3) is 0 Å². The lowest BCUT2D eigenvalue weighted by molar-refractivity contribution is -0.121. The number of rotatable bonds is 5. The molecule has 0 saturated carbocycles. The van der Waals surface area contributed by atoms with Gasteiger partial charge in [-0.3, -0.25) is 14.6 Å². The van der Waals surface area contributed by atoms with Crippen LogP contribution >= 0.6 is 11.8 Å². The number of hydrogen-bond donors (Lipinski definition) is 0. The third-order valence-electron chi connectivity index (χ3n) is 5.61. The number of thioether (sulfide) groups is 1. The molecule has 166 valence electrons. The van der Waals surface area contributed by atoms with Gasteiger partial charge in [-0.1, -0.05) is 78.5 Å². The van der Waals surface area contributed by atoms with Gasteiger partial charge in [0.25, 0.3) is 5.91 Å². The number of carbonyl (C=O) groups is 1. The van der Waals surface area contributed by atoms with Gasteiger partial charge < -0.3 is 4.74 Å². The van der Waals surface area contributed by atoms with E-state index in [1.165, 1.54) is 0 Å². The van der Waals surface area contributed by atoms with E-state index in [1.807, 2.05) is 102 Å². The van der Waals surface area contributed by atoms with Crippen molar-refractivity contribution in [2.45, 2.75) is 5.37 Å². The van der Waals surface area contributed by atoms with Crippen LogP contribution in [0.4, 0.5) is 11.4 Å². The molecule has 5 rings (SSSR count). The van der Waals surface area contributed by atoms with Crippen LogP contribution in [0.5, 0.6) is 0 Å². The van der Waals surface area contributed by atoms with Crippen molar-refractivity contribution in [1.82, 2.24) is 4.90 Å². The highest BCUT2D eigenvalue weighted by atomic mass is 32.2. The Morgan fingerprint density at radius 3 is 2.15 bits per heavy atom. The molecule has 0 N–H and O–H groups in total. The fourth-order valence-electron chi connectivity index (χ4n) is 3.96. The Kier molecular flexibility index (Phi) is 6.67. The van der Waals surface area contributed by atoms with Crippen molar-refractivity contribution in [3.8, 4) is 0 Å². The molecule has 0 radical (unpaired) electrons. The average molecular weight is 456 g/mol. The van der Waals surface area contributed by atoms with Gasteiger partial charge in [-0.2, -0.15) is 0 Å². The summed E-state index contributed by atoms with van der Waals surface area (Å²) in [5, 5.41) is 0.607. The largest absolute Gasteiger partial charge is 0.379 e. The molecule has 2 heterocycles. The highest BCUT2D eigenvalue weighted by Gasteiger charge is 2.41. The summed E-state index contributed by atoms with van der Waals surface area (Å²) in [4.78, 5) is 22.6. The van der Waals surface area contributed by atoms with Crippen molar-refractivity contribution < 1.29 is 9.53 Å². The zero-order valence-electron chi connectivity index (χ0n) is 18.2. The predicted octanol–water partition coefficient (Wildman–Crippen LogP) is 5.09. The maximum atomic E-state index is 13.6. The number of para-hydroxylation sites is 2. The van der Waals surface area contributed by atoms with E-state index in [4.69, 9.17) is 9.73 Å². The number of amides is 1. The second-order valence-electron chi connectivity index (χ2n) is 7.81. The number of carbonyl (C=O) groups excluding carboxylic acids is 1. The lowest BCUT2D eigenvalue weighted by Crippen LogP contribution is -2.46. The minimum absolute atomic E-state index is 0.0754. The van der Waals surface area contributed by atoms with E-state index in [1.54, 1.807) is 11.8 Å². The van der Waals surface area contributed by atoms with Gasteiger partial charge >= 0.3 is 0 Å². The zero-order chi connectivity index (χ0) is 22.5. The van der Waals surface area contributed by atoms with Crippen molar-refractivity contribution >= 4 is 34.8 Å². The molecule has 3 aromatic rings. The summed E-state index contributed by atoms with van der Waals surface area (Å²) in [6.45, 7) is 2.81. The van der Waals surface area contributed by atoms with E-state index in [0.29, 0.717) is 13.2 Å². The van der Waals surface area contributed by atoms with Crippen molar-refractivity contribution in [2.75, 3.05) is 31.2 Å². The molecule has 3 aromatic carbocycles. The quantitative estimate of drug-likeness (QED) is 0.503. The lowest BCUT2D eigenvalue weighted by atomic mass is 10.1. The molecular weight excluding hydrogens is 430 g/mol. The molecule has 2 saturated heterocycles. The van der Waals surface area contributed by atoms with Crippen LogP contribution in [0.2, 0.25) is 0 Å². The molecule has 0 aromatic heterocycles. The van der Waals surface area contributed by atoms with Crippen LogP contribution in [-0.2, 0) is 9.53 Å². The minimum Gasteiger partial charge on any atom is -0.379 e. The number of allylic oxidation sites excluding steroid dienone is 1. The molecule has 0 aliphatic carbocycles. The average Bonchev–Trinajstić information content (AvgIpc) is 3.21. The normalized spacial score (nSPS) is 21.0. The third-order valence-corrected chi connectivity index (χ3v) is 6.88. The maximum absolute atomic E-state index is 13.6. The summed E-state index contributed by atoms with van der Waals surface area (Å²) in [5.41, 5.74) is 3.56. The molecule has 6 heteroatoms. The van der Waals surface area contributed by atoms with Gasteiger partial charge in [0.15, 0.2) is 0 Å². The summed E-state index contributed by atoms with van der Waals surface area (Å²) >= 11 is 1.59. The van der Waals surface area contributed by atoms with Crippen LogP contribution in [0.3, 0.4) is 0 Å². The maximum Gasteiger partial charge on any atom is 0.260 e. The summed E-state index contributed by atoms with van der Waals surface area (Å²) in [7, 11) is 0. The van der Waals surface area contributed by atoms with E-state index in [2.05, 4.69) is 4.90 Å². The fraction of sp³-hybridized carbons (Fsp3) is 0.185. The van der Waals surface area contributed by atoms with E-state index in [9.17, 15) is 4.79 Å². The number of nitrogens with zero attached hydrogens (tertiary/aromatic N) is 3. The Bertz CT molecular complexity index is 1140. The van der Waals surface area contributed by atoms with Gasteiger partial charge in [0, 0.05) is 24.3 Å². The Labute approximate surface area is 198 Å². The van der Waals surface area contributed by atoms with Gasteiger partial charge in [-0.05, 0) is 30.3 Å². The molecule has 1 atom stereocenters. The van der Waals surface area contributed by atoms with Crippen LogP contribution in [0, 0.1) is 0 Å². The molecule has 5 nitrogen and oxygen atoms in total. The van der Waals surface area contributed by atoms with Gasteiger partial charge in [0.2, 0.25) is 0 Å². The molecule has 2 fully saturated rings. The van der Waals surface area contributed by atoms with Gasteiger partial charge in [-0.15, -0.1) is 0 Å². The first kappa shape index (κ1) is 21.6. The Balaban J connectivity index is 1.58. The summed E-state index contributed by atoms with van der Waals surface area (Å²) < 4.78 is 5.51. The number of anilines is 1. The number of ether oxygens (including phenoxy) is 1.